The summed E-state index contributed by atoms with van der Waals surface area (Å²) in [6.07, 6.45) is -1.02. The molecule has 26 heavy (non-hydrogen) atoms. The predicted molar refractivity (Wildman–Crippen MR) is 95.0 cm³/mol. The van der Waals surface area contributed by atoms with Gasteiger partial charge in [-0.1, -0.05) is 0 Å². The van der Waals surface area contributed by atoms with Gasteiger partial charge in [-0.25, -0.2) is 18.6 Å². The molecule has 1 amide bonds. The third-order valence-corrected chi connectivity index (χ3v) is 4.06. The highest BCUT2D eigenvalue weighted by Crippen LogP contribution is 2.36. The van der Waals surface area contributed by atoms with Gasteiger partial charge in [0.2, 0.25) is 0 Å². The van der Waals surface area contributed by atoms with Crippen LogP contribution in [0.15, 0.2) is 16.5 Å². The van der Waals surface area contributed by atoms with E-state index in [2.05, 4.69) is 10.3 Å². The molecule has 1 aliphatic heterocycles. The Balaban J connectivity index is 1.90. The summed E-state index contributed by atoms with van der Waals surface area (Å²) >= 11 is 0. The number of carbonyl (C=O) groups excluding carboxylic acids is 1. The lowest BCUT2D eigenvalue weighted by Gasteiger charge is -2.33. The van der Waals surface area contributed by atoms with Gasteiger partial charge in [-0.2, -0.15) is 0 Å². The molecule has 0 aliphatic carbocycles. The highest BCUT2D eigenvalue weighted by Gasteiger charge is 2.35. The summed E-state index contributed by atoms with van der Waals surface area (Å²) in [5, 5.41) is 2.68. The van der Waals surface area contributed by atoms with Crippen LogP contribution in [-0.4, -0.2) is 35.7 Å². The summed E-state index contributed by atoms with van der Waals surface area (Å²) in [5.74, 6) is -2.17. The third-order valence-electron chi connectivity index (χ3n) is 4.06. The summed E-state index contributed by atoms with van der Waals surface area (Å²) in [4.78, 5) is 18.2. The highest BCUT2D eigenvalue weighted by atomic mass is 19.3. The number of piperidine rings is 1. The molecular weight excluding hydrogens is 344 g/mol. The van der Waals surface area contributed by atoms with Crippen molar-refractivity contribution in [1.82, 2.24) is 4.98 Å². The van der Waals surface area contributed by atoms with Gasteiger partial charge >= 0.3 is 6.09 Å². The minimum Gasteiger partial charge on any atom is -0.444 e. The second-order valence-corrected chi connectivity index (χ2v) is 7.55. The van der Waals surface area contributed by atoms with E-state index in [0.717, 1.165) is 0 Å². The van der Waals surface area contributed by atoms with Crippen LogP contribution in [0.3, 0.4) is 0 Å². The Labute approximate surface area is 150 Å². The summed E-state index contributed by atoms with van der Waals surface area (Å²) in [5.41, 5.74) is 1.59. The number of halogens is 2. The van der Waals surface area contributed by atoms with Gasteiger partial charge in [0.05, 0.1) is 5.69 Å². The second kappa shape index (κ2) is 6.41. The molecule has 1 N–H and O–H groups in total. The molecule has 6 nitrogen and oxygen atoms in total. The van der Waals surface area contributed by atoms with Crippen molar-refractivity contribution in [1.29, 1.82) is 0 Å². The standard InChI is InChI=1S/C18H23F2N3O3/c1-11-21-13-9-12(22-16(24)26-17(2,3)4)10-14(15(13)25-11)23-7-5-18(19,20)6-8-23/h9-10H,5-8H2,1-4H3,(H,22,24). The van der Waals surface area contributed by atoms with Crippen LogP contribution >= 0.6 is 0 Å². The van der Waals surface area contributed by atoms with Crippen molar-refractivity contribution in [2.45, 2.75) is 52.1 Å². The molecule has 1 aromatic heterocycles. The molecule has 3 rings (SSSR count). The number of nitrogens with zero attached hydrogens (tertiary/aromatic N) is 2. The fourth-order valence-electron chi connectivity index (χ4n) is 2.93. The number of aromatic nitrogens is 1. The summed E-state index contributed by atoms with van der Waals surface area (Å²) in [7, 11) is 0. The number of hydrogen-bond donors (Lipinski definition) is 1. The van der Waals surface area contributed by atoms with Crippen LogP contribution in [0.5, 0.6) is 0 Å². The number of carbonyl (C=O) groups is 1. The third kappa shape index (κ3) is 4.23. The number of oxazole rings is 1. The molecule has 1 fully saturated rings. The molecule has 0 bridgehead atoms. The van der Waals surface area contributed by atoms with E-state index in [4.69, 9.17) is 9.15 Å². The first-order chi connectivity index (χ1) is 12.0. The van der Waals surface area contributed by atoms with Gasteiger partial charge in [-0.05, 0) is 32.9 Å². The average molecular weight is 367 g/mol. The smallest absolute Gasteiger partial charge is 0.412 e. The number of anilines is 2. The largest absolute Gasteiger partial charge is 0.444 e. The van der Waals surface area contributed by atoms with Crippen molar-refractivity contribution in [3.05, 3.63) is 18.0 Å². The fraction of sp³-hybridized carbons (Fsp3) is 0.556. The molecule has 2 aromatic rings. The van der Waals surface area contributed by atoms with E-state index in [1.807, 2.05) is 4.90 Å². The summed E-state index contributed by atoms with van der Waals surface area (Å²) in [6, 6.07) is 3.39. The number of amides is 1. The molecule has 0 unspecified atom stereocenters. The minimum atomic E-state index is -2.64. The van der Waals surface area contributed by atoms with E-state index in [1.54, 1.807) is 39.8 Å². The topological polar surface area (TPSA) is 67.6 Å². The first-order valence-corrected chi connectivity index (χ1v) is 8.56. The predicted octanol–water partition coefficient (Wildman–Crippen LogP) is 4.72. The zero-order valence-electron chi connectivity index (χ0n) is 15.4. The van der Waals surface area contributed by atoms with E-state index >= 15 is 0 Å². The molecule has 1 aromatic carbocycles. The maximum absolute atomic E-state index is 13.5. The molecule has 8 heteroatoms. The lowest BCUT2D eigenvalue weighted by Crippen LogP contribution is -2.39. The Morgan fingerprint density at radius 3 is 2.58 bits per heavy atom. The van der Waals surface area contributed by atoms with Crippen LogP contribution in [-0.2, 0) is 4.74 Å². The second-order valence-electron chi connectivity index (χ2n) is 7.55. The number of fused-ring (bicyclic) bond motifs is 1. The maximum atomic E-state index is 13.5. The Hall–Kier alpha value is -2.38. The van der Waals surface area contributed by atoms with Crippen molar-refractivity contribution in [3.63, 3.8) is 0 Å². The molecule has 142 valence electrons. The Bertz CT molecular complexity index is 817. The normalized spacial score (nSPS) is 17.4. The molecule has 0 saturated carbocycles. The van der Waals surface area contributed by atoms with E-state index in [-0.39, 0.29) is 25.9 Å². The zero-order valence-corrected chi connectivity index (χ0v) is 15.4. The van der Waals surface area contributed by atoms with Gasteiger partial charge < -0.3 is 14.1 Å². The number of alkyl halides is 2. The Morgan fingerprint density at radius 2 is 1.96 bits per heavy atom. The first-order valence-electron chi connectivity index (χ1n) is 8.56. The number of nitrogens with one attached hydrogen (secondary N) is 1. The van der Waals surface area contributed by atoms with Gasteiger partial charge in [-0.15, -0.1) is 0 Å². The fourth-order valence-corrected chi connectivity index (χ4v) is 2.93. The molecule has 0 radical (unpaired) electrons. The summed E-state index contributed by atoms with van der Waals surface area (Å²) in [6.45, 7) is 7.45. The van der Waals surface area contributed by atoms with Gasteiger partial charge in [0.25, 0.3) is 5.92 Å². The maximum Gasteiger partial charge on any atom is 0.412 e. The van der Waals surface area contributed by atoms with Crippen molar-refractivity contribution in [3.8, 4) is 0 Å². The molecule has 0 atom stereocenters. The van der Waals surface area contributed by atoms with Gasteiger partial charge in [0.15, 0.2) is 11.5 Å². The van der Waals surface area contributed by atoms with Crippen LogP contribution in [0.1, 0.15) is 39.5 Å². The van der Waals surface area contributed by atoms with Crippen molar-refractivity contribution >= 4 is 28.6 Å². The number of rotatable bonds is 2. The lowest BCUT2D eigenvalue weighted by molar-refractivity contribution is -0.0220. The van der Waals surface area contributed by atoms with Crippen molar-refractivity contribution < 1.29 is 22.7 Å². The van der Waals surface area contributed by atoms with Gasteiger partial charge in [-0.3, -0.25) is 5.32 Å². The van der Waals surface area contributed by atoms with Crippen molar-refractivity contribution in [2.75, 3.05) is 23.3 Å². The molecular formula is C18H23F2N3O3. The number of benzene rings is 1. The summed E-state index contributed by atoms with van der Waals surface area (Å²) < 4.78 is 37.9. The average Bonchev–Trinajstić information content (AvgIpc) is 2.84. The molecule has 1 saturated heterocycles. The number of aryl methyl sites for hydroxylation is 1. The van der Waals surface area contributed by atoms with Gasteiger partial charge in [0.1, 0.15) is 11.1 Å². The SMILES string of the molecule is Cc1nc2cc(NC(=O)OC(C)(C)C)cc(N3CCC(F)(F)CC3)c2o1. The van der Waals surface area contributed by atoms with Crippen LogP contribution in [0, 0.1) is 6.92 Å². The quantitative estimate of drug-likeness (QED) is 0.832. The van der Waals surface area contributed by atoms with Crippen LogP contribution in [0.2, 0.25) is 0 Å². The first kappa shape index (κ1) is 18.4. The zero-order chi connectivity index (χ0) is 19.1. The van der Waals surface area contributed by atoms with Crippen molar-refractivity contribution in [2.24, 2.45) is 0 Å². The number of hydrogen-bond acceptors (Lipinski definition) is 5. The van der Waals surface area contributed by atoms with Crippen LogP contribution in [0.4, 0.5) is 25.0 Å². The molecule has 1 aliphatic rings. The lowest BCUT2D eigenvalue weighted by atomic mass is 10.1. The molecule has 0 spiro atoms. The minimum absolute atomic E-state index is 0.206. The monoisotopic (exact) mass is 367 g/mol. The van der Waals surface area contributed by atoms with E-state index < -0.39 is 17.6 Å². The number of ether oxygens (including phenoxy) is 1. The van der Waals surface area contributed by atoms with Crippen LogP contribution in [0.25, 0.3) is 11.1 Å². The van der Waals surface area contributed by atoms with Gasteiger partial charge in [0, 0.05) is 38.5 Å². The van der Waals surface area contributed by atoms with E-state index in [1.165, 1.54) is 0 Å². The van der Waals surface area contributed by atoms with E-state index in [9.17, 15) is 13.6 Å². The highest BCUT2D eigenvalue weighted by molar-refractivity contribution is 5.95. The molecule has 2 heterocycles. The Morgan fingerprint density at radius 1 is 1.31 bits per heavy atom. The Kier molecular flexibility index (Phi) is 4.54. The van der Waals surface area contributed by atoms with Crippen LogP contribution < -0.4 is 10.2 Å². The van der Waals surface area contributed by atoms with E-state index in [0.29, 0.717) is 28.4 Å².